The average molecular weight is 223 g/mol. The fraction of sp³-hybridized carbons (Fsp3) is 0.538. The smallest absolute Gasteiger partial charge is 0.128 e. The molecule has 0 aliphatic carbocycles. The topological polar surface area (TPSA) is 35.2 Å². The minimum absolute atomic E-state index is 0.0590. The Bertz CT molecular complexity index is 380. The zero-order chi connectivity index (χ0) is 11.7. The molecule has 0 aromatic heterocycles. The standard InChI is InChI=1S/C13H18FNO/c1-8-3-4-11(14)10(7-8)12(15)13-9(2)5-6-16-13/h3-4,7,9,12-13H,5-6,15H2,1-2H3. The van der Waals surface area contributed by atoms with Gasteiger partial charge in [-0.1, -0.05) is 24.6 Å². The Morgan fingerprint density at radius 1 is 1.50 bits per heavy atom. The molecule has 1 heterocycles. The summed E-state index contributed by atoms with van der Waals surface area (Å²) in [5.41, 5.74) is 7.69. The van der Waals surface area contributed by atoms with Crippen molar-refractivity contribution in [2.24, 2.45) is 11.7 Å². The van der Waals surface area contributed by atoms with Crippen LogP contribution in [-0.4, -0.2) is 12.7 Å². The van der Waals surface area contributed by atoms with Gasteiger partial charge in [0.1, 0.15) is 5.82 Å². The molecule has 0 saturated carbocycles. The Balaban J connectivity index is 2.25. The molecule has 1 fully saturated rings. The van der Waals surface area contributed by atoms with Gasteiger partial charge in [-0.3, -0.25) is 0 Å². The molecule has 0 bridgehead atoms. The Morgan fingerprint density at radius 3 is 2.88 bits per heavy atom. The van der Waals surface area contributed by atoms with Gasteiger partial charge in [-0.05, 0) is 25.3 Å². The Morgan fingerprint density at radius 2 is 2.25 bits per heavy atom. The van der Waals surface area contributed by atoms with E-state index < -0.39 is 0 Å². The third-order valence-electron chi connectivity index (χ3n) is 3.31. The molecular formula is C13H18FNO. The summed E-state index contributed by atoms with van der Waals surface area (Å²) in [6.45, 7) is 4.77. The minimum Gasteiger partial charge on any atom is -0.376 e. The Labute approximate surface area is 95.6 Å². The summed E-state index contributed by atoms with van der Waals surface area (Å²) in [5.74, 6) is 0.163. The summed E-state index contributed by atoms with van der Waals surface area (Å²) in [5, 5.41) is 0. The first-order valence-electron chi connectivity index (χ1n) is 5.73. The largest absolute Gasteiger partial charge is 0.376 e. The van der Waals surface area contributed by atoms with E-state index in [2.05, 4.69) is 6.92 Å². The Hall–Kier alpha value is -0.930. The highest BCUT2D eigenvalue weighted by Gasteiger charge is 2.31. The molecule has 1 aliphatic rings. The summed E-state index contributed by atoms with van der Waals surface area (Å²) in [6, 6.07) is 4.68. The molecule has 1 aliphatic heterocycles. The van der Waals surface area contributed by atoms with Crippen LogP contribution in [0.4, 0.5) is 4.39 Å². The third kappa shape index (κ3) is 2.11. The van der Waals surface area contributed by atoms with E-state index in [1.807, 2.05) is 13.0 Å². The van der Waals surface area contributed by atoms with Gasteiger partial charge >= 0.3 is 0 Å². The predicted molar refractivity (Wildman–Crippen MR) is 61.6 cm³/mol. The van der Waals surface area contributed by atoms with E-state index in [9.17, 15) is 4.39 Å². The molecule has 1 aromatic carbocycles. The van der Waals surface area contributed by atoms with Crippen molar-refractivity contribution in [1.29, 1.82) is 0 Å². The molecule has 3 unspecified atom stereocenters. The predicted octanol–water partition coefficient (Wildman–Crippen LogP) is 2.56. The molecule has 16 heavy (non-hydrogen) atoms. The maximum atomic E-state index is 13.7. The van der Waals surface area contributed by atoms with Gasteiger partial charge in [0.15, 0.2) is 0 Å². The summed E-state index contributed by atoms with van der Waals surface area (Å²) in [7, 11) is 0. The van der Waals surface area contributed by atoms with E-state index in [1.54, 1.807) is 6.07 Å². The number of ether oxygens (including phenoxy) is 1. The van der Waals surface area contributed by atoms with Gasteiger partial charge < -0.3 is 10.5 Å². The van der Waals surface area contributed by atoms with Crippen LogP contribution in [0.5, 0.6) is 0 Å². The highest BCUT2D eigenvalue weighted by atomic mass is 19.1. The maximum absolute atomic E-state index is 13.7. The number of aryl methyl sites for hydroxylation is 1. The van der Waals surface area contributed by atoms with E-state index in [1.165, 1.54) is 6.07 Å². The fourth-order valence-corrected chi connectivity index (χ4v) is 2.27. The zero-order valence-electron chi connectivity index (χ0n) is 9.74. The summed E-state index contributed by atoms with van der Waals surface area (Å²) in [4.78, 5) is 0. The molecular weight excluding hydrogens is 205 g/mol. The SMILES string of the molecule is Cc1ccc(F)c(C(N)C2OCCC2C)c1. The van der Waals surface area contributed by atoms with Gasteiger partial charge in [0.25, 0.3) is 0 Å². The monoisotopic (exact) mass is 223 g/mol. The first-order valence-corrected chi connectivity index (χ1v) is 5.73. The van der Waals surface area contributed by atoms with E-state index in [0.29, 0.717) is 11.5 Å². The van der Waals surface area contributed by atoms with Crippen molar-refractivity contribution in [2.75, 3.05) is 6.61 Å². The molecule has 2 N–H and O–H groups in total. The van der Waals surface area contributed by atoms with Crippen LogP contribution < -0.4 is 5.73 Å². The van der Waals surface area contributed by atoms with Crippen LogP contribution in [0, 0.1) is 18.7 Å². The van der Waals surface area contributed by atoms with Crippen molar-refractivity contribution < 1.29 is 9.13 Å². The number of hydrogen-bond donors (Lipinski definition) is 1. The molecule has 3 atom stereocenters. The third-order valence-corrected chi connectivity index (χ3v) is 3.31. The van der Waals surface area contributed by atoms with Crippen molar-refractivity contribution in [3.05, 3.63) is 35.1 Å². The molecule has 0 amide bonds. The molecule has 1 saturated heterocycles. The van der Waals surface area contributed by atoms with Crippen LogP contribution in [0.3, 0.4) is 0 Å². The van der Waals surface area contributed by atoms with Crippen molar-refractivity contribution in [1.82, 2.24) is 0 Å². The van der Waals surface area contributed by atoms with E-state index >= 15 is 0 Å². The van der Waals surface area contributed by atoms with Gasteiger partial charge in [0.05, 0.1) is 12.1 Å². The average Bonchev–Trinajstić information content (AvgIpc) is 2.67. The maximum Gasteiger partial charge on any atom is 0.128 e. The number of nitrogens with two attached hydrogens (primary N) is 1. The number of rotatable bonds is 2. The lowest BCUT2D eigenvalue weighted by Gasteiger charge is -2.23. The van der Waals surface area contributed by atoms with Crippen LogP contribution >= 0.6 is 0 Å². The summed E-state index contributed by atoms with van der Waals surface area (Å²) >= 11 is 0. The normalized spacial score (nSPS) is 27.0. The Kier molecular flexibility index (Phi) is 3.26. The lowest BCUT2D eigenvalue weighted by Crippen LogP contribution is -2.30. The van der Waals surface area contributed by atoms with E-state index in [0.717, 1.165) is 18.6 Å². The van der Waals surface area contributed by atoms with Crippen molar-refractivity contribution in [3.8, 4) is 0 Å². The molecule has 1 aromatic rings. The number of hydrogen-bond acceptors (Lipinski definition) is 2. The molecule has 0 radical (unpaired) electrons. The lowest BCUT2D eigenvalue weighted by molar-refractivity contribution is 0.0715. The van der Waals surface area contributed by atoms with Gasteiger partial charge in [-0.2, -0.15) is 0 Å². The van der Waals surface area contributed by atoms with Gasteiger partial charge in [0.2, 0.25) is 0 Å². The lowest BCUT2D eigenvalue weighted by atomic mass is 9.92. The quantitative estimate of drug-likeness (QED) is 0.836. The second-order valence-electron chi connectivity index (χ2n) is 4.65. The molecule has 2 rings (SSSR count). The number of halogens is 1. The van der Waals surface area contributed by atoms with Crippen LogP contribution in [0.25, 0.3) is 0 Å². The first-order chi connectivity index (χ1) is 7.59. The van der Waals surface area contributed by atoms with Crippen LogP contribution in [0.15, 0.2) is 18.2 Å². The minimum atomic E-state index is -0.364. The van der Waals surface area contributed by atoms with Crippen molar-refractivity contribution in [2.45, 2.75) is 32.4 Å². The van der Waals surface area contributed by atoms with Crippen LogP contribution in [-0.2, 0) is 4.74 Å². The second kappa shape index (κ2) is 4.52. The highest BCUT2D eigenvalue weighted by molar-refractivity contribution is 5.27. The fourth-order valence-electron chi connectivity index (χ4n) is 2.27. The molecule has 3 heteroatoms. The van der Waals surface area contributed by atoms with E-state index in [4.69, 9.17) is 10.5 Å². The second-order valence-corrected chi connectivity index (χ2v) is 4.65. The number of benzene rings is 1. The van der Waals surface area contributed by atoms with Crippen LogP contribution in [0.2, 0.25) is 0 Å². The summed E-state index contributed by atoms with van der Waals surface area (Å²) in [6.07, 6.45) is 0.947. The van der Waals surface area contributed by atoms with E-state index in [-0.39, 0.29) is 18.0 Å². The van der Waals surface area contributed by atoms with Crippen molar-refractivity contribution >= 4 is 0 Å². The first kappa shape index (κ1) is 11.6. The van der Waals surface area contributed by atoms with Gasteiger partial charge in [-0.25, -0.2) is 4.39 Å². The van der Waals surface area contributed by atoms with Gasteiger partial charge in [-0.15, -0.1) is 0 Å². The van der Waals surface area contributed by atoms with Gasteiger partial charge in [0, 0.05) is 12.2 Å². The molecule has 88 valence electrons. The molecule has 0 spiro atoms. The highest BCUT2D eigenvalue weighted by Crippen LogP contribution is 2.31. The van der Waals surface area contributed by atoms with Crippen LogP contribution in [0.1, 0.15) is 30.5 Å². The molecule has 2 nitrogen and oxygen atoms in total. The summed E-state index contributed by atoms with van der Waals surface area (Å²) < 4.78 is 19.2. The van der Waals surface area contributed by atoms with Crippen molar-refractivity contribution in [3.63, 3.8) is 0 Å². The zero-order valence-corrected chi connectivity index (χ0v) is 9.74.